The van der Waals surface area contributed by atoms with E-state index in [1.807, 2.05) is 25.1 Å². The lowest BCUT2D eigenvalue weighted by Gasteiger charge is -2.15. The number of ether oxygens (including phenoxy) is 1. The second-order valence-electron chi connectivity index (χ2n) is 4.56. The Balaban J connectivity index is 2.81. The Bertz CT molecular complexity index is 474. The van der Waals surface area contributed by atoms with E-state index in [1.165, 1.54) is 0 Å². The third-order valence-corrected chi connectivity index (χ3v) is 4.33. The predicted octanol–water partition coefficient (Wildman–Crippen LogP) is 2.43. The van der Waals surface area contributed by atoms with E-state index in [4.69, 9.17) is 9.84 Å². The Morgan fingerprint density at radius 2 is 2.10 bits per heavy atom. The molecule has 0 heterocycles. The third kappa shape index (κ3) is 5.46. The van der Waals surface area contributed by atoms with E-state index in [1.54, 1.807) is 25.8 Å². The number of methoxy groups -OCH3 is 1. The molecule has 110 valence electrons. The van der Waals surface area contributed by atoms with Crippen molar-refractivity contribution in [2.45, 2.75) is 37.4 Å². The topological polar surface area (TPSA) is 49.7 Å². The van der Waals surface area contributed by atoms with Crippen LogP contribution in [0, 0.1) is 11.8 Å². The highest BCUT2D eigenvalue weighted by Gasteiger charge is 2.11. The Morgan fingerprint density at radius 1 is 1.35 bits per heavy atom. The van der Waals surface area contributed by atoms with Gasteiger partial charge in [0, 0.05) is 28.6 Å². The Labute approximate surface area is 125 Å². The molecule has 0 saturated carbocycles. The smallest absolute Gasteiger partial charge is 0.122 e. The summed E-state index contributed by atoms with van der Waals surface area (Å²) in [6.45, 7) is 3.89. The van der Waals surface area contributed by atoms with Crippen LogP contribution < -0.4 is 4.74 Å². The van der Waals surface area contributed by atoms with Gasteiger partial charge in [0.1, 0.15) is 5.75 Å². The summed E-state index contributed by atoms with van der Waals surface area (Å²) in [5.41, 5.74) is 1.99. The number of thioether (sulfide) groups is 1. The van der Waals surface area contributed by atoms with Crippen LogP contribution in [0.5, 0.6) is 5.75 Å². The minimum absolute atomic E-state index is 0.0811. The average Bonchev–Trinajstić information content (AvgIpc) is 2.45. The zero-order valence-corrected chi connectivity index (χ0v) is 13.0. The Hall–Kier alpha value is -1.15. The van der Waals surface area contributed by atoms with Crippen LogP contribution in [0.15, 0.2) is 18.2 Å². The summed E-state index contributed by atoms with van der Waals surface area (Å²) in [6, 6.07) is 5.83. The number of hydrogen-bond donors (Lipinski definition) is 2. The first-order valence-electron chi connectivity index (χ1n) is 6.64. The SMILES string of the molecule is COc1ccc(C#CCCO)cc1CSC(C)C(C)O. The van der Waals surface area contributed by atoms with Crippen LogP contribution in [0.2, 0.25) is 0 Å². The molecular formula is C16H22O3S. The molecule has 20 heavy (non-hydrogen) atoms. The molecule has 0 spiro atoms. The zero-order valence-electron chi connectivity index (χ0n) is 12.2. The lowest BCUT2D eigenvalue weighted by molar-refractivity contribution is 0.196. The van der Waals surface area contributed by atoms with E-state index in [2.05, 4.69) is 11.8 Å². The van der Waals surface area contributed by atoms with Crippen molar-refractivity contribution in [1.29, 1.82) is 0 Å². The van der Waals surface area contributed by atoms with Crippen LogP contribution in [0.1, 0.15) is 31.4 Å². The molecule has 3 nitrogen and oxygen atoms in total. The summed E-state index contributed by atoms with van der Waals surface area (Å²) in [4.78, 5) is 0. The van der Waals surface area contributed by atoms with E-state index in [0.717, 1.165) is 22.6 Å². The number of aliphatic hydroxyl groups is 2. The van der Waals surface area contributed by atoms with E-state index < -0.39 is 0 Å². The van der Waals surface area contributed by atoms with Gasteiger partial charge in [-0.1, -0.05) is 18.8 Å². The number of benzene rings is 1. The molecule has 0 aliphatic rings. The van der Waals surface area contributed by atoms with Gasteiger partial charge in [0.2, 0.25) is 0 Å². The van der Waals surface area contributed by atoms with Gasteiger partial charge in [-0.25, -0.2) is 0 Å². The second-order valence-corrected chi connectivity index (χ2v) is 5.92. The highest BCUT2D eigenvalue weighted by Crippen LogP contribution is 2.27. The van der Waals surface area contributed by atoms with Crippen LogP contribution in [0.3, 0.4) is 0 Å². The first kappa shape index (κ1) is 16.9. The highest BCUT2D eigenvalue weighted by molar-refractivity contribution is 7.99. The minimum Gasteiger partial charge on any atom is -0.496 e. The monoisotopic (exact) mass is 294 g/mol. The second kappa shape index (κ2) is 8.91. The van der Waals surface area contributed by atoms with Gasteiger partial charge in [-0.2, -0.15) is 11.8 Å². The highest BCUT2D eigenvalue weighted by atomic mass is 32.2. The fourth-order valence-electron chi connectivity index (χ4n) is 1.55. The Kier molecular flexibility index (Phi) is 7.53. The molecule has 2 N–H and O–H groups in total. The molecule has 0 fully saturated rings. The maximum atomic E-state index is 9.53. The molecule has 2 unspecified atom stereocenters. The van der Waals surface area contributed by atoms with E-state index in [-0.39, 0.29) is 18.0 Å². The van der Waals surface area contributed by atoms with Gasteiger partial charge in [0.25, 0.3) is 0 Å². The van der Waals surface area contributed by atoms with Crippen molar-refractivity contribution in [3.8, 4) is 17.6 Å². The van der Waals surface area contributed by atoms with Gasteiger partial charge in [-0.3, -0.25) is 0 Å². The number of hydrogen-bond acceptors (Lipinski definition) is 4. The molecule has 1 rings (SSSR count). The molecule has 0 saturated heterocycles. The van der Waals surface area contributed by atoms with Crippen molar-refractivity contribution in [2.24, 2.45) is 0 Å². The normalized spacial score (nSPS) is 13.2. The molecule has 0 bridgehead atoms. The Morgan fingerprint density at radius 3 is 2.70 bits per heavy atom. The summed E-state index contributed by atoms with van der Waals surface area (Å²) >= 11 is 1.69. The summed E-state index contributed by atoms with van der Waals surface area (Å²) in [6.07, 6.45) is 0.147. The standard InChI is InChI=1S/C16H22O3S/c1-12(18)13(2)20-11-15-10-14(6-4-5-9-17)7-8-16(15)19-3/h7-8,10,12-13,17-18H,5,9,11H2,1-3H3. The van der Waals surface area contributed by atoms with Crippen molar-refractivity contribution >= 4 is 11.8 Å². The molecule has 2 atom stereocenters. The van der Waals surface area contributed by atoms with Gasteiger partial charge in [-0.15, -0.1) is 0 Å². The summed E-state index contributed by atoms with van der Waals surface area (Å²) in [5.74, 6) is 7.54. The molecule has 0 aromatic heterocycles. The largest absolute Gasteiger partial charge is 0.496 e. The summed E-state index contributed by atoms with van der Waals surface area (Å²) in [5, 5.41) is 18.4. The van der Waals surface area contributed by atoms with Gasteiger partial charge in [0.15, 0.2) is 0 Å². The van der Waals surface area contributed by atoms with Crippen molar-refractivity contribution in [2.75, 3.05) is 13.7 Å². The van der Waals surface area contributed by atoms with Crippen LogP contribution in [-0.4, -0.2) is 35.3 Å². The lowest BCUT2D eigenvalue weighted by atomic mass is 10.1. The maximum Gasteiger partial charge on any atom is 0.122 e. The molecule has 1 aromatic rings. The molecule has 0 amide bonds. The molecule has 4 heteroatoms. The van der Waals surface area contributed by atoms with Crippen LogP contribution in [0.25, 0.3) is 0 Å². The fraction of sp³-hybridized carbons (Fsp3) is 0.500. The quantitative estimate of drug-likeness (QED) is 0.791. The van der Waals surface area contributed by atoms with Crippen molar-refractivity contribution in [1.82, 2.24) is 0 Å². The first-order chi connectivity index (χ1) is 9.58. The summed E-state index contributed by atoms with van der Waals surface area (Å²) in [7, 11) is 1.65. The van der Waals surface area contributed by atoms with Crippen molar-refractivity contribution < 1.29 is 14.9 Å². The van der Waals surface area contributed by atoms with E-state index in [0.29, 0.717) is 6.42 Å². The molecule has 1 aromatic carbocycles. The predicted molar refractivity (Wildman–Crippen MR) is 84.0 cm³/mol. The van der Waals surface area contributed by atoms with Crippen LogP contribution >= 0.6 is 11.8 Å². The van der Waals surface area contributed by atoms with Gasteiger partial charge in [0.05, 0.1) is 19.8 Å². The van der Waals surface area contributed by atoms with Crippen molar-refractivity contribution in [3.05, 3.63) is 29.3 Å². The van der Waals surface area contributed by atoms with Crippen molar-refractivity contribution in [3.63, 3.8) is 0 Å². The van der Waals surface area contributed by atoms with Gasteiger partial charge < -0.3 is 14.9 Å². The third-order valence-electron chi connectivity index (χ3n) is 2.93. The molecule has 0 aliphatic carbocycles. The number of aliphatic hydroxyl groups excluding tert-OH is 2. The average molecular weight is 294 g/mol. The van der Waals surface area contributed by atoms with Gasteiger partial charge >= 0.3 is 0 Å². The zero-order chi connectivity index (χ0) is 15.0. The lowest BCUT2D eigenvalue weighted by Crippen LogP contribution is -2.15. The fourth-order valence-corrected chi connectivity index (χ4v) is 2.50. The van der Waals surface area contributed by atoms with E-state index in [9.17, 15) is 5.11 Å². The van der Waals surface area contributed by atoms with E-state index >= 15 is 0 Å². The molecule has 0 radical (unpaired) electrons. The molecular weight excluding hydrogens is 272 g/mol. The minimum atomic E-state index is -0.335. The van der Waals surface area contributed by atoms with Crippen LogP contribution in [-0.2, 0) is 5.75 Å². The summed E-state index contributed by atoms with van der Waals surface area (Å²) < 4.78 is 5.35. The van der Waals surface area contributed by atoms with Gasteiger partial charge in [-0.05, 0) is 25.1 Å². The number of rotatable bonds is 6. The molecule has 0 aliphatic heterocycles. The maximum absolute atomic E-state index is 9.53. The van der Waals surface area contributed by atoms with Crippen LogP contribution in [0.4, 0.5) is 0 Å². The first-order valence-corrected chi connectivity index (χ1v) is 7.69.